The average Bonchev–Trinajstić information content (AvgIpc) is 2.79. The summed E-state index contributed by atoms with van der Waals surface area (Å²) in [5.41, 5.74) is 0.560. The molecule has 0 spiro atoms. The van der Waals surface area contributed by atoms with Crippen molar-refractivity contribution in [3.05, 3.63) is 54.4 Å². The molecule has 168 valence electrons. The Bertz CT molecular complexity index is 1100. The number of benzene rings is 1. The van der Waals surface area contributed by atoms with Crippen LogP contribution in [-0.4, -0.2) is 38.2 Å². The van der Waals surface area contributed by atoms with E-state index in [-0.39, 0.29) is 5.69 Å². The number of ether oxygens (including phenoxy) is 1. The predicted octanol–water partition coefficient (Wildman–Crippen LogP) is 4.47. The van der Waals surface area contributed by atoms with Crippen molar-refractivity contribution in [3.63, 3.8) is 0 Å². The average molecular weight is 457 g/mol. The zero-order valence-electron chi connectivity index (χ0n) is 18.3. The van der Waals surface area contributed by atoms with Crippen LogP contribution in [0.15, 0.2) is 42.9 Å². The SMILES string of the molecule is CCOc1cncc(-c2ccc(NC(=O)C(C)(C)c3ccnc(NSCC)n3)c(F)c2)n1. The van der Waals surface area contributed by atoms with Gasteiger partial charge in [-0.3, -0.25) is 14.5 Å². The molecular weight excluding hydrogens is 431 g/mol. The molecule has 0 bridgehead atoms. The van der Waals surface area contributed by atoms with Crippen LogP contribution in [0.4, 0.5) is 16.0 Å². The van der Waals surface area contributed by atoms with Gasteiger partial charge in [0.2, 0.25) is 17.7 Å². The summed E-state index contributed by atoms with van der Waals surface area (Å²) >= 11 is 1.45. The highest BCUT2D eigenvalue weighted by Gasteiger charge is 2.32. The number of anilines is 2. The van der Waals surface area contributed by atoms with E-state index >= 15 is 0 Å². The van der Waals surface area contributed by atoms with Gasteiger partial charge in [-0.05, 0) is 39.0 Å². The Morgan fingerprint density at radius 3 is 2.72 bits per heavy atom. The van der Waals surface area contributed by atoms with Gasteiger partial charge in [0.25, 0.3) is 0 Å². The first-order valence-corrected chi connectivity index (χ1v) is 11.1. The minimum Gasteiger partial charge on any atom is -0.477 e. The van der Waals surface area contributed by atoms with E-state index in [0.717, 1.165) is 5.75 Å². The molecule has 1 amide bonds. The number of carbonyl (C=O) groups excluding carboxylic acids is 1. The van der Waals surface area contributed by atoms with Crippen molar-refractivity contribution in [1.29, 1.82) is 0 Å². The molecule has 8 nitrogen and oxygen atoms in total. The molecule has 0 fully saturated rings. The van der Waals surface area contributed by atoms with Gasteiger partial charge in [-0.15, -0.1) is 0 Å². The van der Waals surface area contributed by atoms with Crippen molar-refractivity contribution in [1.82, 2.24) is 19.9 Å². The maximum absolute atomic E-state index is 14.8. The third kappa shape index (κ3) is 5.50. The van der Waals surface area contributed by atoms with Crippen molar-refractivity contribution in [2.45, 2.75) is 33.1 Å². The predicted molar refractivity (Wildman–Crippen MR) is 124 cm³/mol. The zero-order valence-corrected chi connectivity index (χ0v) is 19.2. The highest BCUT2D eigenvalue weighted by Crippen LogP contribution is 2.27. The van der Waals surface area contributed by atoms with Crippen LogP contribution >= 0.6 is 11.9 Å². The van der Waals surface area contributed by atoms with E-state index in [2.05, 4.69) is 30.0 Å². The van der Waals surface area contributed by atoms with E-state index in [0.29, 0.717) is 35.4 Å². The van der Waals surface area contributed by atoms with Crippen LogP contribution in [-0.2, 0) is 10.2 Å². The fourth-order valence-electron chi connectivity index (χ4n) is 2.77. The topological polar surface area (TPSA) is 102 Å². The van der Waals surface area contributed by atoms with Gasteiger partial charge in [-0.2, -0.15) is 0 Å². The monoisotopic (exact) mass is 456 g/mol. The second-order valence-electron chi connectivity index (χ2n) is 7.25. The van der Waals surface area contributed by atoms with E-state index in [1.54, 1.807) is 32.2 Å². The highest BCUT2D eigenvalue weighted by molar-refractivity contribution is 8.00. The second kappa shape index (κ2) is 10.4. The first-order chi connectivity index (χ1) is 15.3. The minimum atomic E-state index is -1.02. The molecule has 3 rings (SSSR count). The van der Waals surface area contributed by atoms with Gasteiger partial charge in [-0.1, -0.05) is 24.9 Å². The second-order valence-corrected chi connectivity index (χ2v) is 8.32. The molecule has 2 heterocycles. The molecule has 0 aliphatic carbocycles. The molecule has 2 aromatic heterocycles. The summed E-state index contributed by atoms with van der Waals surface area (Å²) in [6.45, 7) is 7.75. The lowest BCUT2D eigenvalue weighted by Gasteiger charge is -2.23. The largest absolute Gasteiger partial charge is 0.477 e. The Kier molecular flexibility index (Phi) is 7.57. The quantitative estimate of drug-likeness (QED) is 0.455. The lowest BCUT2D eigenvalue weighted by Crippen LogP contribution is -2.36. The summed E-state index contributed by atoms with van der Waals surface area (Å²) in [5, 5.41) is 2.66. The maximum Gasteiger partial charge on any atom is 0.236 e. The number of amides is 1. The molecule has 1 aromatic carbocycles. The van der Waals surface area contributed by atoms with E-state index in [1.165, 1.54) is 36.5 Å². The van der Waals surface area contributed by atoms with Gasteiger partial charge in [0, 0.05) is 17.5 Å². The summed E-state index contributed by atoms with van der Waals surface area (Å²) in [5.74, 6) is 0.644. The molecule has 0 aliphatic heterocycles. The van der Waals surface area contributed by atoms with E-state index in [1.807, 2.05) is 13.8 Å². The zero-order chi connectivity index (χ0) is 23.1. The number of rotatable bonds is 9. The molecular formula is C22H25FN6O2S. The van der Waals surface area contributed by atoms with Gasteiger partial charge >= 0.3 is 0 Å². The standard InChI is InChI=1S/C22H25FN6O2S/c1-5-31-19-13-24-12-17(26-19)14-7-8-16(15(23)11-14)27-20(30)22(3,4)18-9-10-25-21(28-18)29-32-6-2/h7-13H,5-6H2,1-4H3,(H,27,30)(H,25,28,29). The Balaban J connectivity index is 1.78. The van der Waals surface area contributed by atoms with Crippen molar-refractivity contribution < 1.29 is 13.9 Å². The molecule has 32 heavy (non-hydrogen) atoms. The lowest BCUT2D eigenvalue weighted by atomic mass is 9.88. The Labute approximate surface area is 190 Å². The van der Waals surface area contributed by atoms with Gasteiger partial charge < -0.3 is 10.1 Å². The smallest absolute Gasteiger partial charge is 0.236 e. The fourth-order valence-corrected chi connectivity index (χ4v) is 3.14. The summed E-state index contributed by atoms with van der Waals surface area (Å²) in [6.07, 6.45) is 4.61. The van der Waals surface area contributed by atoms with Crippen molar-refractivity contribution in [2.24, 2.45) is 0 Å². The fraction of sp³-hybridized carbons (Fsp3) is 0.318. The number of nitrogens with one attached hydrogen (secondary N) is 2. The molecule has 0 aliphatic rings. The number of hydrogen-bond donors (Lipinski definition) is 2. The summed E-state index contributed by atoms with van der Waals surface area (Å²) in [6, 6.07) is 6.14. The Morgan fingerprint density at radius 1 is 1.19 bits per heavy atom. The van der Waals surface area contributed by atoms with Crippen LogP contribution in [0.3, 0.4) is 0 Å². The van der Waals surface area contributed by atoms with Crippen molar-refractivity contribution in [3.8, 4) is 17.1 Å². The molecule has 0 saturated carbocycles. The molecule has 0 atom stereocenters. The number of aromatic nitrogens is 4. The number of halogens is 1. The van der Waals surface area contributed by atoms with E-state index in [9.17, 15) is 9.18 Å². The van der Waals surface area contributed by atoms with Crippen molar-refractivity contribution >= 4 is 29.5 Å². The third-order valence-electron chi connectivity index (χ3n) is 4.59. The van der Waals surface area contributed by atoms with Gasteiger partial charge in [0.05, 0.1) is 41.5 Å². The summed E-state index contributed by atoms with van der Waals surface area (Å²) in [4.78, 5) is 29.9. The molecule has 10 heteroatoms. The lowest BCUT2D eigenvalue weighted by molar-refractivity contribution is -0.120. The number of hydrogen-bond acceptors (Lipinski definition) is 8. The Morgan fingerprint density at radius 2 is 2.00 bits per heavy atom. The van der Waals surface area contributed by atoms with Crippen LogP contribution < -0.4 is 14.8 Å². The third-order valence-corrected chi connectivity index (χ3v) is 5.20. The van der Waals surface area contributed by atoms with Crippen LogP contribution in [0.2, 0.25) is 0 Å². The summed E-state index contributed by atoms with van der Waals surface area (Å²) in [7, 11) is 0. The first-order valence-electron chi connectivity index (χ1n) is 10.1. The van der Waals surface area contributed by atoms with Crippen molar-refractivity contribution in [2.75, 3.05) is 22.4 Å². The molecule has 0 radical (unpaired) electrons. The van der Waals surface area contributed by atoms with Gasteiger partial charge in [-0.25, -0.2) is 19.3 Å². The van der Waals surface area contributed by atoms with Crippen LogP contribution in [0.1, 0.15) is 33.4 Å². The van der Waals surface area contributed by atoms with Crippen LogP contribution in [0.25, 0.3) is 11.3 Å². The van der Waals surface area contributed by atoms with E-state index < -0.39 is 17.1 Å². The Hall–Kier alpha value is -3.27. The first kappa shape index (κ1) is 23.4. The van der Waals surface area contributed by atoms with Gasteiger partial charge in [0.1, 0.15) is 5.82 Å². The molecule has 2 N–H and O–H groups in total. The number of nitrogens with zero attached hydrogens (tertiary/aromatic N) is 4. The van der Waals surface area contributed by atoms with Crippen LogP contribution in [0.5, 0.6) is 5.88 Å². The number of carbonyl (C=O) groups is 1. The molecule has 3 aromatic rings. The van der Waals surface area contributed by atoms with Crippen LogP contribution in [0, 0.1) is 5.82 Å². The van der Waals surface area contributed by atoms with E-state index in [4.69, 9.17) is 4.74 Å². The molecule has 0 unspecified atom stereocenters. The van der Waals surface area contributed by atoms with Gasteiger partial charge in [0.15, 0.2) is 0 Å². The minimum absolute atomic E-state index is 0.0645. The summed E-state index contributed by atoms with van der Waals surface area (Å²) < 4.78 is 23.2. The molecule has 0 saturated heterocycles. The maximum atomic E-state index is 14.8. The highest BCUT2D eigenvalue weighted by atomic mass is 32.2. The normalized spacial score (nSPS) is 11.2.